The van der Waals surface area contributed by atoms with Crippen molar-refractivity contribution in [2.24, 2.45) is 5.73 Å². The molecular formula is C6H13N. The van der Waals surface area contributed by atoms with Gasteiger partial charge in [0.15, 0.2) is 0 Å². The average Bonchev–Trinajstić information content (AvgIpc) is 1.68. The van der Waals surface area contributed by atoms with Crippen LogP contribution in [0.15, 0.2) is 12.2 Å². The quantitative estimate of drug-likeness (QED) is 0.519. The zero-order valence-electron chi connectivity index (χ0n) is 5.02. The third-order valence-electron chi connectivity index (χ3n) is 0.911. The molecule has 42 valence electrons. The minimum absolute atomic E-state index is 0.269. The molecule has 0 aromatic heterocycles. The van der Waals surface area contributed by atoms with Gasteiger partial charge in [-0.3, -0.25) is 0 Å². The molecule has 0 aromatic carbocycles. The summed E-state index contributed by atoms with van der Waals surface area (Å²) in [7, 11) is 0. The van der Waals surface area contributed by atoms with Crippen molar-refractivity contribution in [1.82, 2.24) is 0 Å². The van der Waals surface area contributed by atoms with Gasteiger partial charge >= 0.3 is 0 Å². The Morgan fingerprint density at radius 1 is 1.71 bits per heavy atom. The predicted molar refractivity (Wildman–Crippen MR) is 33.1 cm³/mol. The van der Waals surface area contributed by atoms with Crippen LogP contribution in [-0.4, -0.2) is 6.04 Å². The molecule has 0 aliphatic carbocycles. The first-order chi connectivity index (χ1) is 3.31. The highest BCUT2D eigenvalue weighted by Crippen LogP contribution is 1.85. The molecule has 1 nitrogen and oxygen atoms in total. The van der Waals surface area contributed by atoms with Crippen LogP contribution in [0.2, 0.25) is 0 Å². The van der Waals surface area contributed by atoms with E-state index >= 15 is 0 Å². The summed E-state index contributed by atoms with van der Waals surface area (Å²) in [6.45, 7) is 4.06. The van der Waals surface area contributed by atoms with Crippen molar-refractivity contribution < 1.29 is 0 Å². The fraction of sp³-hybridized carbons (Fsp3) is 0.667. The van der Waals surface area contributed by atoms with Crippen LogP contribution in [0.1, 0.15) is 20.3 Å². The molecule has 0 saturated heterocycles. The Morgan fingerprint density at radius 3 is 2.43 bits per heavy atom. The molecule has 7 heavy (non-hydrogen) atoms. The van der Waals surface area contributed by atoms with Crippen LogP contribution in [-0.2, 0) is 0 Å². The van der Waals surface area contributed by atoms with Crippen LogP contribution in [0.25, 0.3) is 0 Å². The van der Waals surface area contributed by atoms with Crippen LogP contribution >= 0.6 is 0 Å². The highest BCUT2D eigenvalue weighted by Gasteiger charge is 1.85. The van der Waals surface area contributed by atoms with Gasteiger partial charge in [0.05, 0.1) is 0 Å². The lowest BCUT2D eigenvalue weighted by Gasteiger charge is -1.96. The van der Waals surface area contributed by atoms with Crippen LogP contribution in [0, 0.1) is 0 Å². The summed E-state index contributed by atoms with van der Waals surface area (Å²) in [4.78, 5) is 0. The van der Waals surface area contributed by atoms with E-state index < -0.39 is 0 Å². The molecule has 0 fully saturated rings. The Labute approximate surface area is 45.2 Å². The number of hydrogen-bond acceptors (Lipinski definition) is 1. The molecule has 1 unspecified atom stereocenters. The van der Waals surface area contributed by atoms with E-state index in [0.29, 0.717) is 0 Å². The fourth-order valence-corrected chi connectivity index (χ4v) is 0.383. The van der Waals surface area contributed by atoms with Gasteiger partial charge in [-0.1, -0.05) is 19.1 Å². The first kappa shape index (κ1) is 6.70. The van der Waals surface area contributed by atoms with Gasteiger partial charge in [0.2, 0.25) is 0 Å². The van der Waals surface area contributed by atoms with Crippen molar-refractivity contribution in [2.45, 2.75) is 26.3 Å². The fourth-order valence-electron chi connectivity index (χ4n) is 0.383. The Balaban J connectivity index is 3.16. The second-order valence-corrected chi connectivity index (χ2v) is 1.60. The lowest BCUT2D eigenvalue weighted by molar-refractivity contribution is 0.781. The predicted octanol–water partition coefficient (Wildman–Crippen LogP) is 1.30. The van der Waals surface area contributed by atoms with E-state index in [0.717, 1.165) is 6.42 Å². The summed E-state index contributed by atoms with van der Waals surface area (Å²) in [5.41, 5.74) is 5.50. The van der Waals surface area contributed by atoms with Gasteiger partial charge in [-0.25, -0.2) is 0 Å². The van der Waals surface area contributed by atoms with E-state index in [1.165, 1.54) is 0 Å². The molecule has 0 saturated carbocycles. The molecule has 0 aromatic rings. The van der Waals surface area contributed by atoms with E-state index in [4.69, 9.17) is 5.73 Å². The standard InChI is InChI=1S/C6H13N/c1-3-5-6(7)4-2/h3,5-6H,4,7H2,1-2H3. The molecular weight excluding hydrogens is 86.1 g/mol. The third kappa shape index (κ3) is 3.53. The molecule has 0 rings (SSSR count). The molecule has 0 aliphatic heterocycles. The van der Waals surface area contributed by atoms with Crippen LogP contribution in [0.5, 0.6) is 0 Å². The smallest absolute Gasteiger partial charge is 0.0220 e. The van der Waals surface area contributed by atoms with Gasteiger partial charge in [0, 0.05) is 6.04 Å². The molecule has 0 radical (unpaired) electrons. The van der Waals surface area contributed by atoms with E-state index in [1.807, 2.05) is 19.1 Å². The third-order valence-corrected chi connectivity index (χ3v) is 0.911. The largest absolute Gasteiger partial charge is 0.324 e. The summed E-state index contributed by atoms with van der Waals surface area (Å²) < 4.78 is 0. The lowest BCUT2D eigenvalue weighted by Crippen LogP contribution is -2.14. The van der Waals surface area contributed by atoms with E-state index in [9.17, 15) is 0 Å². The Morgan fingerprint density at radius 2 is 2.29 bits per heavy atom. The molecule has 1 atom stereocenters. The van der Waals surface area contributed by atoms with Crippen molar-refractivity contribution in [3.8, 4) is 0 Å². The number of allylic oxidation sites excluding steroid dienone is 1. The minimum Gasteiger partial charge on any atom is -0.324 e. The second kappa shape index (κ2) is 3.88. The van der Waals surface area contributed by atoms with Gasteiger partial charge < -0.3 is 5.73 Å². The summed E-state index contributed by atoms with van der Waals surface area (Å²) >= 11 is 0. The molecule has 2 N–H and O–H groups in total. The van der Waals surface area contributed by atoms with E-state index in [2.05, 4.69) is 6.92 Å². The van der Waals surface area contributed by atoms with Crippen molar-refractivity contribution >= 4 is 0 Å². The highest BCUT2D eigenvalue weighted by molar-refractivity contribution is 4.87. The van der Waals surface area contributed by atoms with Crippen LogP contribution in [0.3, 0.4) is 0 Å². The van der Waals surface area contributed by atoms with Crippen LogP contribution in [0.4, 0.5) is 0 Å². The van der Waals surface area contributed by atoms with E-state index in [-0.39, 0.29) is 6.04 Å². The molecule has 0 amide bonds. The van der Waals surface area contributed by atoms with Crippen molar-refractivity contribution in [3.05, 3.63) is 12.2 Å². The molecule has 1 heteroatoms. The van der Waals surface area contributed by atoms with Crippen molar-refractivity contribution in [3.63, 3.8) is 0 Å². The summed E-state index contributed by atoms with van der Waals surface area (Å²) in [6.07, 6.45) is 5.01. The van der Waals surface area contributed by atoms with Gasteiger partial charge in [-0.15, -0.1) is 0 Å². The first-order valence-electron chi connectivity index (χ1n) is 2.69. The number of hydrogen-bond donors (Lipinski definition) is 1. The van der Waals surface area contributed by atoms with Crippen molar-refractivity contribution in [1.29, 1.82) is 0 Å². The molecule has 0 heterocycles. The normalized spacial score (nSPS) is 15.3. The summed E-state index contributed by atoms with van der Waals surface area (Å²) in [6, 6.07) is 0.269. The Bertz CT molecular complexity index is 57.2. The van der Waals surface area contributed by atoms with E-state index in [1.54, 1.807) is 0 Å². The maximum Gasteiger partial charge on any atom is 0.0220 e. The SMILES string of the molecule is CC=CC(N)CC. The average molecular weight is 99.2 g/mol. The number of nitrogens with two attached hydrogens (primary N) is 1. The molecule has 0 aliphatic rings. The monoisotopic (exact) mass is 99.1 g/mol. The molecule has 0 spiro atoms. The lowest BCUT2D eigenvalue weighted by atomic mass is 10.2. The Hall–Kier alpha value is -0.300. The minimum atomic E-state index is 0.269. The van der Waals surface area contributed by atoms with Gasteiger partial charge in [0.1, 0.15) is 0 Å². The summed E-state index contributed by atoms with van der Waals surface area (Å²) in [5.74, 6) is 0. The van der Waals surface area contributed by atoms with Gasteiger partial charge in [-0.2, -0.15) is 0 Å². The maximum atomic E-state index is 5.50. The first-order valence-corrected chi connectivity index (χ1v) is 2.69. The summed E-state index contributed by atoms with van der Waals surface area (Å²) in [5, 5.41) is 0. The van der Waals surface area contributed by atoms with Gasteiger partial charge in [0.25, 0.3) is 0 Å². The second-order valence-electron chi connectivity index (χ2n) is 1.60. The zero-order chi connectivity index (χ0) is 5.70. The zero-order valence-corrected chi connectivity index (χ0v) is 5.02. The topological polar surface area (TPSA) is 26.0 Å². The van der Waals surface area contributed by atoms with Crippen LogP contribution < -0.4 is 5.73 Å². The highest BCUT2D eigenvalue weighted by atomic mass is 14.6. The maximum absolute atomic E-state index is 5.50. The van der Waals surface area contributed by atoms with Gasteiger partial charge in [-0.05, 0) is 13.3 Å². The number of rotatable bonds is 2. The Kier molecular flexibility index (Phi) is 3.71. The van der Waals surface area contributed by atoms with Crippen molar-refractivity contribution in [2.75, 3.05) is 0 Å². The molecule has 0 bridgehead atoms.